The van der Waals surface area contributed by atoms with Crippen LogP contribution in [0.2, 0.25) is 0 Å². The molecule has 0 saturated carbocycles. The van der Waals surface area contributed by atoms with E-state index in [0.29, 0.717) is 5.56 Å². The molecule has 3 heteroatoms. The van der Waals surface area contributed by atoms with Gasteiger partial charge in [-0.1, -0.05) is 18.2 Å². The van der Waals surface area contributed by atoms with E-state index in [1.165, 1.54) is 0 Å². The second kappa shape index (κ2) is 4.50. The van der Waals surface area contributed by atoms with Crippen LogP contribution in [0.15, 0.2) is 36.5 Å². The number of hydrogen-bond donors (Lipinski definition) is 0. The summed E-state index contributed by atoms with van der Waals surface area (Å²) in [4.78, 5) is 16.6. The molecular weight excluding hydrogens is 226 g/mol. The number of hydrogen-bond acceptors (Lipinski definition) is 3. The molecule has 2 aromatic rings. The molecule has 1 aromatic heterocycles. The van der Waals surface area contributed by atoms with Crippen LogP contribution in [-0.4, -0.2) is 23.0 Å². The van der Waals surface area contributed by atoms with Gasteiger partial charge in [0.05, 0.1) is 11.6 Å². The fourth-order valence-corrected chi connectivity index (χ4v) is 2.40. The second-order valence-electron chi connectivity index (χ2n) is 4.79. The number of ketones is 1. The molecule has 0 amide bonds. The Morgan fingerprint density at radius 1 is 1.33 bits per heavy atom. The van der Waals surface area contributed by atoms with Crippen molar-refractivity contribution in [2.24, 2.45) is 0 Å². The molecule has 3 rings (SSSR count). The number of carbonyl (C=O) groups excluding carboxylic acids is 1. The summed E-state index contributed by atoms with van der Waals surface area (Å²) in [5.74, 6) is 0.0758. The molecule has 2 atom stereocenters. The third-order valence-corrected chi connectivity index (χ3v) is 3.41. The van der Waals surface area contributed by atoms with Gasteiger partial charge in [0.15, 0.2) is 5.78 Å². The van der Waals surface area contributed by atoms with Gasteiger partial charge in [0.25, 0.3) is 0 Å². The van der Waals surface area contributed by atoms with E-state index in [1.807, 2.05) is 37.3 Å². The molecule has 2 heterocycles. The third kappa shape index (κ3) is 2.02. The van der Waals surface area contributed by atoms with Gasteiger partial charge in [-0.3, -0.25) is 9.78 Å². The van der Waals surface area contributed by atoms with Gasteiger partial charge in [-0.25, -0.2) is 0 Å². The average Bonchev–Trinajstić information content (AvgIpc) is 2.84. The zero-order valence-corrected chi connectivity index (χ0v) is 10.3. The highest BCUT2D eigenvalue weighted by Gasteiger charge is 2.28. The number of fused-ring (bicyclic) bond motifs is 1. The van der Waals surface area contributed by atoms with Gasteiger partial charge in [-0.05, 0) is 31.9 Å². The molecule has 1 aliphatic rings. The number of pyridine rings is 1. The van der Waals surface area contributed by atoms with Crippen LogP contribution in [0.1, 0.15) is 30.1 Å². The number of Topliss-reactive ketones (excluding diaryl/α,β-unsaturated/α-hetero) is 1. The summed E-state index contributed by atoms with van der Waals surface area (Å²) in [5, 5.41) is 1.05. The first-order valence-electron chi connectivity index (χ1n) is 6.28. The maximum atomic E-state index is 12.3. The Morgan fingerprint density at radius 3 is 3.00 bits per heavy atom. The van der Waals surface area contributed by atoms with Crippen molar-refractivity contribution >= 4 is 16.7 Å². The summed E-state index contributed by atoms with van der Waals surface area (Å²) in [5.41, 5.74) is 1.55. The van der Waals surface area contributed by atoms with E-state index in [0.717, 1.165) is 23.7 Å². The maximum absolute atomic E-state index is 12.3. The van der Waals surface area contributed by atoms with E-state index in [9.17, 15) is 4.79 Å². The first-order valence-corrected chi connectivity index (χ1v) is 6.28. The van der Waals surface area contributed by atoms with Crippen LogP contribution in [0, 0.1) is 0 Å². The summed E-state index contributed by atoms with van der Waals surface area (Å²) in [6, 6.07) is 9.53. The quantitative estimate of drug-likeness (QED) is 0.759. The Labute approximate surface area is 106 Å². The zero-order chi connectivity index (χ0) is 12.5. The van der Waals surface area contributed by atoms with Crippen molar-refractivity contribution in [1.29, 1.82) is 0 Å². The van der Waals surface area contributed by atoms with Crippen LogP contribution in [0.4, 0.5) is 0 Å². The highest BCUT2D eigenvalue weighted by atomic mass is 16.5. The van der Waals surface area contributed by atoms with Crippen molar-refractivity contribution in [2.75, 3.05) is 0 Å². The van der Waals surface area contributed by atoms with Gasteiger partial charge in [0.1, 0.15) is 6.10 Å². The Hall–Kier alpha value is -1.74. The van der Waals surface area contributed by atoms with Crippen molar-refractivity contribution < 1.29 is 9.53 Å². The molecule has 1 saturated heterocycles. The summed E-state index contributed by atoms with van der Waals surface area (Å²) < 4.78 is 5.62. The molecule has 1 aliphatic heterocycles. The number of benzene rings is 1. The normalized spacial score (nSPS) is 23.4. The fraction of sp³-hybridized carbons (Fsp3) is 0.333. The van der Waals surface area contributed by atoms with Crippen molar-refractivity contribution in [3.63, 3.8) is 0 Å². The molecule has 0 radical (unpaired) electrons. The standard InChI is InChI=1S/C15H15NO2/c1-10-4-7-14(18-10)15(17)12-6-5-11-3-2-8-16-13(11)9-12/h2-3,5-6,8-10,14H,4,7H2,1H3. The van der Waals surface area contributed by atoms with Crippen LogP contribution in [0.5, 0.6) is 0 Å². The van der Waals surface area contributed by atoms with Gasteiger partial charge in [0.2, 0.25) is 0 Å². The highest BCUT2D eigenvalue weighted by Crippen LogP contribution is 2.23. The summed E-state index contributed by atoms with van der Waals surface area (Å²) in [6.07, 6.45) is 3.44. The lowest BCUT2D eigenvalue weighted by molar-refractivity contribution is 0.0433. The van der Waals surface area contributed by atoms with Crippen LogP contribution >= 0.6 is 0 Å². The topological polar surface area (TPSA) is 39.2 Å². The fourth-order valence-electron chi connectivity index (χ4n) is 2.40. The lowest BCUT2D eigenvalue weighted by Crippen LogP contribution is -2.20. The van der Waals surface area contributed by atoms with E-state index in [2.05, 4.69) is 4.98 Å². The molecular formula is C15H15NO2. The van der Waals surface area contributed by atoms with Gasteiger partial charge in [-0.2, -0.15) is 0 Å². The first kappa shape index (κ1) is 11.4. The molecule has 0 spiro atoms. The minimum Gasteiger partial charge on any atom is -0.367 e. The average molecular weight is 241 g/mol. The SMILES string of the molecule is CC1CCC(C(=O)c2ccc3cccnc3c2)O1. The minimum absolute atomic E-state index is 0.0758. The molecule has 0 aliphatic carbocycles. The lowest BCUT2D eigenvalue weighted by Gasteiger charge is -2.10. The molecule has 1 aromatic carbocycles. The molecule has 0 bridgehead atoms. The third-order valence-electron chi connectivity index (χ3n) is 3.41. The molecule has 92 valence electrons. The van der Waals surface area contributed by atoms with Crippen molar-refractivity contribution in [1.82, 2.24) is 4.98 Å². The smallest absolute Gasteiger partial charge is 0.191 e. The summed E-state index contributed by atoms with van der Waals surface area (Å²) in [7, 11) is 0. The predicted molar refractivity (Wildman–Crippen MR) is 69.6 cm³/mol. The molecule has 1 fully saturated rings. The predicted octanol–water partition coefficient (Wildman–Crippen LogP) is 2.99. The lowest BCUT2D eigenvalue weighted by atomic mass is 10.0. The molecule has 0 N–H and O–H groups in total. The van der Waals surface area contributed by atoms with Crippen molar-refractivity contribution in [3.8, 4) is 0 Å². The van der Waals surface area contributed by atoms with Crippen molar-refractivity contribution in [2.45, 2.75) is 32.0 Å². The highest BCUT2D eigenvalue weighted by molar-refractivity contribution is 6.02. The molecule has 2 unspecified atom stereocenters. The zero-order valence-electron chi connectivity index (χ0n) is 10.3. The minimum atomic E-state index is -0.277. The number of aromatic nitrogens is 1. The van der Waals surface area contributed by atoms with E-state index in [4.69, 9.17) is 4.74 Å². The van der Waals surface area contributed by atoms with E-state index >= 15 is 0 Å². The number of nitrogens with zero attached hydrogens (tertiary/aromatic N) is 1. The largest absolute Gasteiger partial charge is 0.367 e. The first-order chi connectivity index (χ1) is 8.74. The van der Waals surface area contributed by atoms with Gasteiger partial charge < -0.3 is 4.74 Å². The Morgan fingerprint density at radius 2 is 2.22 bits per heavy atom. The van der Waals surface area contributed by atoms with Gasteiger partial charge >= 0.3 is 0 Å². The second-order valence-corrected chi connectivity index (χ2v) is 4.79. The van der Waals surface area contributed by atoms with Gasteiger partial charge in [-0.15, -0.1) is 0 Å². The Balaban J connectivity index is 1.92. The summed E-state index contributed by atoms with van der Waals surface area (Å²) in [6.45, 7) is 2.01. The van der Waals surface area contributed by atoms with Crippen LogP contribution in [0.3, 0.4) is 0 Å². The molecule has 3 nitrogen and oxygen atoms in total. The Bertz CT molecular complexity index is 594. The van der Waals surface area contributed by atoms with E-state index < -0.39 is 0 Å². The number of ether oxygens (including phenoxy) is 1. The van der Waals surface area contributed by atoms with E-state index in [1.54, 1.807) is 6.20 Å². The number of carbonyl (C=O) groups is 1. The van der Waals surface area contributed by atoms with Crippen LogP contribution < -0.4 is 0 Å². The Kier molecular flexibility index (Phi) is 2.84. The summed E-state index contributed by atoms with van der Waals surface area (Å²) >= 11 is 0. The van der Waals surface area contributed by atoms with Crippen molar-refractivity contribution in [3.05, 3.63) is 42.1 Å². The maximum Gasteiger partial charge on any atom is 0.191 e. The van der Waals surface area contributed by atoms with E-state index in [-0.39, 0.29) is 18.0 Å². The van der Waals surface area contributed by atoms with Crippen LogP contribution in [-0.2, 0) is 4.74 Å². The monoisotopic (exact) mass is 241 g/mol. The van der Waals surface area contributed by atoms with Crippen LogP contribution in [0.25, 0.3) is 10.9 Å². The number of rotatable bonds is 2. The van der Waals surface area contributed by atoms with Gasteiger partial charge in [0, 0.05) is 17.1 Å². The molecule has 18 heavy (non-hydrogen) atoms.